The van der Waals surface area contributed by atoms with E-state index >= 15 is 0 Å². The Morgan fingerprint density at radius 1 is 1.18 bits per heavy atom. The minimum atomic E-state index is -4.07. The van der Waals surface area contributed by atoms with Crippen LogP contribution in [0, 0.1) is 5.41 Å². The van der Waals surface area contributed by atoms with Crippen LogP contribution in [0.4, 0.5) is 5.95 Å². The molecule has 0 saturated carbocycles. The molecule has 5 N–H and O–H groups in total. The maximum atomic E-state index is 14.0. The number of aliphatic hydroxyl groups is 2. The van der Waals surface area contributed by atoms with Gasteiger partial charge in [0.15, 0.2) is 22.5 Å². The Bertz CT molecular complexity index is 1660. The Morgan fingerprint density at radius 2 is 1.92 bits per heavy atom. The summed E-state index contributed by atoms with van der Waals surface area (Å²) in [5.41, 5.74) is 4.38. The number of ether oxygens (including phenoxy) is 3. The molecule has 0 radical (unpaired) electrons. The highest BCUT2D eigenvalue weighted by Gasteiger charge is 2.54. The molecule has 1 aliphatic heterocycles. The number of carbonyl (C=O) groups excluding carboxylic acids is 2. The molecule has 0 bridgehead atoms. The van der Waals surface area contributed by atoms with Crippen molar-refractivity contribution in [3.63, 3.8) is 0 Å². The van der Waals surface area contributed by atoms with Crippen LogP contribution in [0.5, 0.6) is 5.88 Å². The number of thioether (sulfide) groups is 1. The molecule has 1 aromatic carbocycles. The van der Waals surface area contributed by atoms with Gasteiger partial charge in [-0.05, 0) is 39.7 Å². The van der Waals surface area contributed by atoms with E-state index in [1.807, 2.05) is 37.3 Å². The molecule has 5 unspecified atom stereocenters. The first-order chi connectivity index (χ1) is 24.2. The van der Waals surface area contributed by atoms with E-state index in [0.29, 0.717) is 13.0 Å². The minimum Gasteiger partial charge on any atom is -0.476 e. The molecule has 3 aromatic rings. The number of imidazole rings is 1. The largest absolute Gasteiger partial charge is 0.476 e. The summed E-state index contributed by atoms with van der Waals surface area (Å²) < 4.78 is 43.9. The lowest BCUT2D eigenvalue weighted by Crippen LogP contribution is -2.44. The summed E-state index contributed by atoms with van der Waals surface area (Å²) in [7, 11) is -4.07. The molecule has 4 rings (SSSR count). The summed E-state index contributed by atoms with van der Waals surface area (Å²) in [5, 5.41) is 25.2. The van der Waals surface area contributed by atoms with Gasteiger partial charge in [0.05, 0.1) is 31.6 Å². The molecular weight excluding hydrogens is 703 g/mol. The van der Waals surface area contributed by atoms with Crippen molar-refractivity contribution in [2.75, 3.05) is 37.9 Å². The van der Waals surface area contributed by atoms with E-state index in [1.165, 1.54) is 17.8 Å². The molecule has 1 aliphatic rings. The number of nitrogens with one attached hydrogen (secondary N) is 1. The van der Waals surface area contributed by atoms with Gasteiger partial charge in [0, 0.05) is 18.7 Å². The third-order valence-corrected chi connectivity index (χ3v) is 10.9. The van der Waals surface area contributed by atoms with Crippen molar-refractivity contribution >= 4 is 47.7 Å². The van der Waals surface area contributed by atoms with Gasteiger partial charge >= 0.3 is 13.7 Å². The number of aliphatic hydroxyl groups excluding tert-OH is 1. The van der Waals surface area contributed by atoms with Crippen LogP contribution < -0.4 is 15.6 Å². The zero-order valence-corrected chi connectivity index (χ0v) is 31.4. The SMILES string of the molecule is CCCCCC(=O)OCC(C)(C)C(=O)SCCOP(=O)(NCc1ccccc1)OCC1OC(n2cnc3c(OCC)nc(N)nc32)C(C)(O)C1O. The molecule has 18 heteroatoms. The van der Waals surface area contributed by atoms with E-state index in [-0.39, 0.29) is 59.6 Å². The number of benzene rings is 1. The Morgan fingerprint density at radius 3 is 2.63 bits per heavy atom. The number of rotatable bonds is 20. The Kier molecular flexibility index (Phi) is 14.4. The number of carbonyl (C=O) groups is 2. The van der Waals surface area contributed by atoms with Crippen LogP contribution >= 0.6 is 19.5 Å². The first-order valence-corrected chi connectivity index (χ1v) is 19.4. The number of anilines is 1. The van der Waals surface area contributed by atoms with Gasteiger partial charge in [0.25, 0.3) is 0 Å². The van der Waals surface area contributed by atoms with E-state index < -0.39 is 43.8 Å². The van der Waals surface area contributed by atoms with Crippen molar-refractivity contribution < 1.29 is 47.6 Å². The van der Waals surface area contributed by atoms with Gasteiger partial charge < -0.3 is 30.2 Å². The highest BCUT2D eigenvalue weighted by molar-refractivity contribution is 8.13. The number of nitrogen functional groups attached to an aromatic ring is 1. The van der Waals surface area contributed by atoms with Crippen molar-refractivity contribution in [3.8, 4) is 5.88 Å². The number of nitrogens with two attached hydrogens (primary N) is 1. The number of esters is 1. The quantitative estimate of drug-likeness (QED) is 0.0723. The molecule has 5 atom stereocenters. The minimum absolute atomic E-state index is 0.0533. The second-order valence-corrected chi connectivity index (χ2v) is 15.8. The lowest BCUT2D eigenvalue weighted by atomic mass is 9.96. The Labute approximate surface area is 301 Å². The second kappa shape index (κ2) is 18.1. The fourth-order valence-electron chi connectivity index (χ4n) is 5.18. The highest BCUT2D eigenvalue weighted by atomic mass is 32.2. The van der Waals surface area contributed by atoms with Gasteiger partial charge in [-0.3, -0.25) is 23.2 Å². The summed E-state index contributed by atoms with van der Waals surface area (Å²) in [6.07, 6.45) is 0.477. The van der Waals surface area contributed by atoms with Crippen molar-refractivity contribution in [2.24, 2.45) is 5.41 Å². The smallest absolute Gasteiger partial charge is 0.405 e. The summed E-state index contributed by atoms with van der Waals surface area (Å²) in [4.78, 5) is 37.6. The second-order valence-electron chi connectivity index (χ2n) is 12.9. The predicted molar refractivity (Wildman–Crippen MR) is 191 cm³/mol. The lowest BCUT2D eigenvalue weighted by molar-refractivity contribution is -0.147. The topological polar surface area (TPSA) is 219 Å². The Hall–Kier alpha value is -3.15. The van der Waals surface area contributed by atoms with Gasteiger partial charge in [0.2, 0.25) is 11.8 Å². The van der Waals surface area contributed by atoms with E-state index in [4.69, 9.17) is 29.0 Å². The van der Waals surface area contributed by atoms with Crippen molar-refractivity contribution in [1.29, 1.82) is 0 Å². The predicted octanol–water partition coefficient (Wildman–Crippen LogP) is 4.16. The van der Waals surface area contributed by atoms with Gasteiger partial charge in [0.1, 0.15) is 24.4 Å². The van der Waals surface area contributed by atoms with Crippen LogP contribution in [-0.4, -0.2) is 90.8 Å². The number of hydrogen-bond acceptors (Lipinski definition) is 15. The molecule has 1 fully saturated rings. The zero-order chi connectivity index (χ0) is 37.2. The fraction of sp³-hybridized carbons (Fsp3) is 0.606. The highest BCUT2D eigenvalue weighted by Crippen LogP contribution is 2.47. The molecule has 3 heterocycles. The average Bonchev–Trinajstić information content (AvgIpc) is 3.61. The molecule has 0 aliphatic carbocycles. The third kappa shape index (κ3) is 10.7. The van der Waals surface area contributed by atoms with Crippen LogP contribution in [0.3, 0.4) is 0 Å². The van der Waals surface area contributed by atoms with E-state index in [9.17, 15) is 24.4 Å². The molecule has 0 amide bonds. The van der Waals surface area contributed by atoms with Crippen molar-refractivity contribution in [2.45, 2.75) is 90.9 Å². The molecule has 2 aromatic heterocycles. The number of aromatic nitrogens is 4. The first kappa shape index (κ1) is 40.6. The van der Waals surface area contributed by atoms with Gasteiger partial charge in [-0.2, -0.15) is 9.97 Å². The molecule has 16 nitrogen and oxygen atoms in total. The monoisotopic (exact) mass is 752 g/mol. The summed E-state index contributed by atoms with van der Waals surface area (Å²) in [6.45, 7) is 8.39. The molecule has 51 heavy (non-hydrogen) atoms. The summed E-state index contributed by atoms with van der Waals surface area (Å²) in [6, 6.07) is 9.17. The fourth-order valence-corrected chi connectivity index (χ4v) is 7.41. The van der Waals surface area contributed by atoms with Crippen LogP contribution in [-0.2, 0) is 39.2 Å². The molecule has 1 saturated heterocycles. The van der Waals surface area contributed by atoms with E-state index in [0.717, 1.165) is 36.6 Å². The lowest BCUT2D eigenvalue weighted by Gasteiger charge is -2.27. The standard InChI is InChI=1S/C33H49N6O10PS/c1-6-8-10-15-24(40)46-20-32(3,4)30(42)51-17-16-47-50(44,36-18-22-13-11-9-12-14-22)48-19-23-26(41)33(5,43)29(49-23)39-21-35-25-27(39)37-31(34)38-28(25)45-7-2/h9,11-14,21,23,26,29,41,43H,6-8,10,15-20H2,1-5H3,(H,36,44)(H2,34,37,38). The number of hydrogen-bond donors (Lipinski definition) is 4. The third-order valence-electron chi connectivity index (χ3n) is 8.13. The van der Waals surface area contributed by atoms with Crippen molar-refractivity contribution in [1.82, 2.24) is 24.6 Å². The van der Waals surface area contributed by atoms with Crippen LogP contribution in [0.2, 0.25) is 0 Å². The van der Waals surface area contributed by atoms with Gasteiger partial charge in [-0.15, -0.1) is 0 Å². The van der Waals surface area contributed by atoms with Gasteiger partial charge in [-0.25, -0.2) is 14.6 Å². The first-order valence-electron chi connectivity index (χ1n) is 16.9. The summed E-state index contributed by atoms with van der Waals surface area (Å²) >= 11 is 0.965. The molecule has 0 spiro atoms. The number of nitrogens with zero attached hydrogens (tertiary/aromatic N) is 4. The average molecular weight is 753 g/mol. The van der Waals surface area contributed by atoms with Gasteiger partial charge in [-0.1, -0.05) is 61.9 Å². The Balaban J connectivity index is 1.39. The van der Waals surface area contributed by atoms with Crippen LogP contribution in [0.15, 0.2) is 36.7 Å². The van der Waals surface area contributed by atoms with Crippen molar-refractivity contribution in [3.05, 3.63) is 42.2 Å². The molecular formula is C33H49N6O10PS. The number of unbranched alkanes of at least 4 members (excludes halogenated alkanes) is 2. The zero-order valence-electron chi connectivity index (χ0n) is 29.6. The van der Waals surface area contributed by atoms with Crippen LogP contribution in [0.1, 0.15) is 72.1 Å². The maximum Gasteiger partial charge on any atom is 0.405 e. The van der Waals surface area contributed by atoms with E-state index in [1.54, 1.807) is 20.8 Å². The number of fused-ring (bicyclic) bond motifs is 1. The van der Waals surface area contributed by atoms with E-state index in [2.05, 4.69) is 20.0 Å². The summed E-state index contributed by atoms with van der Waals surface area (Å²) in [5.74, 6) is -0.131. The maximum absolute atomic E-state index is 14.0. The van der Waals surface area contributed by atoms with Crippen LogP contribution in [0.25, 0.3) is 11.2 Å². The normalized spacial score (nSPS) is 21.8. The molecule has 282 valence electrons.